The molecule has 3 unspecified atom stereocenters. The van der Waals surface area contributed by atoms with Gasteiger partial charge in [0.25, 0.3) is 0 Å². The van der Waals surface area contributed by atoms with Crippen molar-refractivity contribution in [1.29, 1.82) is 0 Å². The van der Waals surface area contributed by atoms with Crippen molar-refractivity contribution >= 4 is 0 Å². The van der Waals surface area contributed by atoms with Crippen molar-refractivity contribution in [3.63, 3.8) is 0 Å². The van der Waals surface area contributed by atoms with E-state index in [4.69, 9.17) is 19.3 Å². The maximum atomic E-state index is 9.36. The van der Waals surface area contributed by atoms with Crippen molar-refractivity contribution < 1.29 is 24.4 Å². The van der Waals surface area contributed by atoms with Gasteiger partial charge in [0.1, 0.15) is 12.2 Å². The lowest BCUT2D eigenvalue weighted by atomic mass is 10.1. The summed E-state index contributed by atoms with van der Waals surface area (Å²) < 4.78 is 15.1. The van der Waals surface area contributed by atoms with E-state index in [0.29, 0.717) is 18.6 Å². The van der Waals surface area contributed by atoms with Gasteiger partial charge in [-0.1, -0.05) is 30.3 Å². The van der Waals surface area contributed by atoms with E-state index in [0.717, 1.165) is 32.0 Å². The van der Waals surface area contributed by atoms with E-state index in [9.17, 15) is 5.11 Å². The summed E-state index contributed by atoms with van der Waals surface area (Å²) in [6.07, 6.45) is 0.665. The zero-order chi connectivity index (χ0) is 14.2. The zero-order valence-corrected chi connectivity index (χ0v) is 11.5. The van der Waals surface area contributed by atoms with Crippen molar-refractivity contribution in [3.05, 3.63) is 35.9 Å². The number of rotatable bonds is 7. The molecule has 3 rings (SSSR count). The molecule has 2 saturated heterocycles. The largest absolute Gasteiger partial charge is 0.396 e. The minimum absolute atomic E-state index is 0.0239. The second-order valence-electron chi connectivity index (χ2n) is 4.89. The van der Waals surface area contributed by atoms with Crippen LogP contribution in [0.25, 0.3) is 0 Å². The van der Waals surface area contributed by atoms with Gasteiger partial charge in [-0.25, -0.2) is 0 Å². The molecule has 3 atom stereocenters. The Labute approximate surface area is 119 Å². The average Bonchev–Trinajstić information content (AvgIpc) is 3.36. The molecular weight excluding hydrogens is 260 g/mol. The maximum absolute atomic E-state index is 9.36. The van der Waals surface area contributed by atoms with E-state index in [2.05, 4.69) is 0 Å². The fourth-order valence-corrected chi connectivity index (χ4v) is 1.62. The Morgan fingerprint density at radius 2 is 1.65 bits per heavy atom. The first-order chi connectivity index (χ1) is 9.79. The first-order valence-corrected chi connectivity index (χ1v) is 6.94. The van der Waals surface area contributed by atoms with Crippen molar-refractivity contribution in [3.8, 4) is 0 Å². The molecular formula is C15H22O5. The number of hydrogen-bond acceptors (Lipinski definition) is 5. The summed E-state index contributed by atoms with van der Waals surface area (Å²) in [4.78, 5) is 0. The van der Waals surface area contributed by atoms with Crippen LogP contribution in [0, 0.1) is 0 Å². The molecule has 0 radical (unpaired) electrons. The fourth-order valence-electron chi connectivity index (χ4n) is 1.62. The van der Waals surface area contributed by atoms with Gasteiger partial charge in [0.15, 0.2) is 0 Å². The molecule has 112 valence electrons. The fraction of sp³-hybridized carbons (Fsp3) is 0.600. The number of epoxide rings is 2. The molecule has 0 aliphatic carbocycles. The molecule has 5 nitrogen and oxygen atoms in total. The van der Waals surface area contributed by atoms with Crippen LogP contribution in [0.1, 0.15) is 18.1 Å². The van der Waals surface area contributed by atoms with E-state index >= 15 is 0 Å². The van der Waals surface area contributed by atoms with Crippen molar-refractivity contribution in [2.24, 2.45) is 0 Å². The zero-order valence-electron chi connectivity index (χ0n) is 11.5. The van der Waals surface area contributed by atoms with Gasteiger partial charge in [-0.05, 0) is 5.56 Å². The molecule has 0 spiro atoms. The highest BCUT2D eigenvalue weighted by atomic mass is 16.6. The molecule has 0 saturated carbocycles. The van der Waals surface area contributed by atoms with E-state index in [1.165, 1.54) is 0 Å². The molecule has 5 heteroatoms. The number of hydrogen-bond donors (Lipinski definition) is 2. The topological polar surface area (TPSA) is 74.8 Å². The summed E-state index contributed by atoms with van der Waals surface area (Å²) in [5, 5.41) is 17.9. The lowest BCUT2D eigenvalue weighted by Gasteiger charge is -2.07. The molecule has 0 aromatic heterocycles. The molecule has 2 aliphatic rings. The predicted octanol–water partition coefficient (Wildman–Crippen LogP) is 0.903. The van der Waals surface area contributed by atoms with E-state index in [1.54, 1.807) is 0 Å². The molecule has 2 N–H and O–H groups in total. The average molecular weight is 282 g/mol. The van der Waals surface area contributed by atoms with Crippen LogP contribution in [0.3, 0.4) is 0 Å². The Balaban J connectivity index is 0.000000149. The van der Waals surface area contributed by atoms with Crippen LogP contribution in [0.2, 0.25) is 0 Å². The Morgan fingerprint density at radius 3 is 2.10 bits per heavy atom. The van der Waals surface area contributed by atoms with Gasteiger partial charge >= 0.3 is 0 Å². The van der Waals surface area contributed by atoms with Crippen molar-refractivity contribution in [2.75, 3.05) is 33.0 Å². The lowest BCUT2D eigenvalue weighted by Crippen LogP contribution is -2.06. The van der Waals surface area contributed by atoms with Gasteiger partial charge in [-0.3, -0.25) is 0 Å². The number of benzene rings is 1. The van der Waals surface area contributed by atoms with Crippen LogP contribution in [-0.4, -0.2) is 55.5 Å². The maximum Gasteiger partial charge on any atom is 0.104 e. The molecule has 20 heavy (non-hydrogen) atoms. The molecule has 0 amide bonds. The highest BCUT2D eigenvalue weighted by Crippen LogP contribution is 2.14. The quantitative estimate of drug-likeness (QED) is 0.727. The van der Waals surface area contributed by atoms with Crippen LogP contribution in [-0.2, 0) is 14.2 Å². The van der Waals surface area contributed by atoms with Crippen LogP contribution in [0.4, 0.5) is 0 Å². The lowest BCUT2D eigenvalue weighted by molar-refractivity contribution is 0.102. The summed E-state index contributed by atoms with van der Waals surface area (Å²) in [6, 6.07) is 9.33. The summed E-state index contributed by atoms with van der Waals surface area (Å²) in [6.45, 7) is 3.28. The van der Waals surface area contributed by atoms with Crippen LogP contribution < -0.4 is 0 Å². The smallest absolute Gasteiger partial charge is 0.104 e. The first-order valence-electron chi connectivity index (χ1n) is 6.94. The van der Waals surface area contributed by atoms with Crippen molar-refractivity contribution in [1.82, 2.24) is 0 Å². The molecule has 1 aromatic carbocycles. The summed E-state index contributed by atoms with van der Waals surface area (Å²) in [7, 11) is 0. The van der Waals surface area contributed by atoms with Gasteiger partial charge in [-0.15, -0.1) is 0 Å². The summed E-state index contributed by atoms with van der Waals surface area (Å²) in [5.74, 6) is 0. The normalized spacial score (nSPS) is 24.5. The van der Waals surface area contributed by atoms with E-state index in [1.807, 2.05) is 30.3 Å². The van der Waals surface area contributed by atoms with E-state index < -0.39 is 6.10 Å². The van der Waals surface area contributed by atoms with Gasteiger partial charge in [0, 0.05) is 13.0 Å². The Morgan fingerprint density at radius 1 is 1.10 bits per heavy atom. The van der Waals surface area contributed by atoms with Gasteiger partial charge in [-0.2, -0.15) is 0 Å². The highest BCUT2D eigenvalue weighted by Gasteiger charge is 2.26. The standard InChI is InChI=1S/C9H12O2.C6H10O3/c10-7-6-9(11)8-4-2-1-3-5-8;1(5-3-8-5)7-2-6-4-9-6/h1-5,9-11H,6-7H2;5-6H,1-4H2. The number of aliphatic hydroxyl groups is 2. The third-order valence-electron chi connectivity index (χ3n) is 3.00. The Hall–Kier alpha value is -0.980. The Kier molecular flexibility index (Phi) is 6.42. The molecule has 2 heterocycles. The molecule has 2 fully saturated rings. The third-order valence-corrected chi connectivity index (χ3v) is 3.00. The number of aliphatic hydroxyl groups excluding tert-OH is 2. The first kappa shape index (κ1) is 15.4. The van der Waals surface area contributed by atoms with Crippen LogP contribution in [0.5, 0.6) is 0 Å². The van der Waals surface area contributed by atoms with Gasteiger partial charge < -0.3 is 24.4 Å². The van der Waals surface area contributed by atoms with Gasteiger partial charge in [0.2, 0.25) is 0 Å². The number of ether oxygens (including phenoxy) is 3. The van der Waals surface area contributed by atoms with Crippen LogP contribution >= 0.6 is 0 Å². The second-order valence-corrected chi connectivity index (χ2v) is 4.89. The van der Waals surface area contributed by atoms with Crippen LogP contribution in [0.15, 0.2) is 30.3 Å². The van der Waals surface area contributed by atoms with E-state index in [-0.39, 0.29) is 6.61 Å². The summed E-state index contributed by atoms with van der Waals surface area (Å²) in [5.41, 5.74) is 0.863. The minimum Gasteiger partial charge on any atom is -0.396 e. The minimum atomic E-state index is -0.527. The highest BCUT2D eigenvalue weighted by molar-refractivity contribution is 5.16. The molecule has 2 aliphatic heterocycles. The van der Waals surface area contributed by atoms with Gasteiger partial charge in [0.05, 0.1) is 32.5 Å². The molecule has 1 aromatic rings. The monoisotopic (exact) mass is 282 g/mol. The van der Waals surface area contributed by atoms with Crippen molar-refractivity contribution in [2.45, 2.75) is 24.7 Å². The molecule has 0 bridgehead atoms. The second kappa shape index (κ2) is 8.34. The SMILES string of the molecule is C(OCC1CO1)C1CO1.OCCC(O)c1ccccc1. The Bertz CT molecular complexity index is 350. The third kappa shape index (κ3) is 6.45. The summed E-state index contributed by atoms with van der Waals surface area (Å²) >= 11 is 0. The predicted molar refractivity (Wildman–Crippen MR) is 73.4 cm³/mol.